The van der Waals surface area contributed by atoms with E-state index in [9.17, 15) is 4.79 Å². The molecule has 1 aromatic carbocycles. The highest BCUT2D eigenvalue weighted by atomic mass is 19.1. The molecule has 0 aromatic heterocycles. The molecule has 37 heavy (non-hydrogen) atoms. The number of halogens is 1. The average molecular weight is 510 g/mol. The van der Waals surface area contributed by atoms with E-state index < -0.39 is 0 Å². The minimum atomic E-state index is -0.142. The lowest BCUT2D eigenvalue weighted by molar-refractivity contribution is -0.116. The van der Waals surface area contributed by atoms with Crippen LogP contribution < -0.4 is 5.32 Å². The van der Waals surface area contributed by atoms with E-state index in [1.165, 1.54) is 69.4 Å². The first-order chi connectivity index (χ1) is 18.1. The number of nitrogens with one attached hydrogen (secondary N) is 1. The molecule has 3 aliphatic rings. The van der Waals surface area contributed by atoms with Gasteiger partial charge in [-0.1, -0.05) is 24.8 Å². The summed E-state index contributed by atoms with van der Waals surface area (Å²) >= 11 is 0. The van der Waals surface area contributed by atoms with Crippen molar-refractivity contribution in [2.75, 3.05) is 13.2 Å². The molecular weight excluding hydrogens is 461 g/mol. The number of amides is 1. The predicted octanol–water partition coefficient (Wildman–Crippen LogP) is 8.22. The van der Waals surface area contributed by atoms with Gasteiger partial charge in [0.1, 0.15) is 5.82 Å². The van der Waals surface area contributed by atoms with Crippen molar-refractivity contribution in [3.8, 4) is 0 Å². The Hall–Kier alpha value is -1.94. The van der Waals surface area contributed by atoms with Crippen molar-refractivity contribution in [2.24, 2.45) is 17.8 Å². The second kappa shape index (κ2) is 14.3. The van der Waals surface area contributed by atoms with E-state index in [1.54, 1.807) is 0 Å². The van der Waals surface area contributed by atoms with Crippen molar-refractivity contribution in [2.45, 2.75) is 108 Å². The summed E-state index contributed by atoms with van der Waals surface area (Å²) in [5.41, 5.74) is 2.18. The van der Waals surface area contributed by atoms with E-state index in [2.05, 4.69) is 30.6 Å². The molecule has 0 aliphatic heterocycles. The Balaban J connectivity index is 1.18. The summed E-state index contributed by atoms with van der Waals surface area (Å²) in [5, 5.41) is 2.77. The zero-order chi connectivity index (χ0) is 26.0. The first-order valence-corrected chi connectivity index (χ1v) is 15.0. The van der Waals surface area contributed by atoms with Gasteiger partial charge >= 0.3 is 0 Å². The number of carbonyl (C=O) groups is 1. The lowest BCUT2D eigenvalue weighted by Gasteiger charge is -2.38. The Morgan fingerprint density at radius 1 is 0.919 bits per heavy atom. The van der Waals surface area contributed by atoms with Crippen LogP contribution in [-0.2, 0) is 9.53 Å². The van der Waals surface area contributed by atoms with E-state index in [0.717, 1.165) is 55.4 Å². The van der Waals surface area contributed by atoms with Crippen LogP contribution in [-0.4, -0.2) is 25.2 Å². The zero-order valence-corrected chi connectivity index (χ0v) is 22.8. The minimum absolute atomic E-state index is 0.0386. The molecule has 4 rings (SSSR count). The lowest BCUT2D eigenvalue weighted by atomic mass is 9.69. The quantitative estimate of drug-likeness (QED) is 0.185. The molecule has 1 aromatic rings. The molecule has 3 nitrogen and oxygen atoms in total. The summed E-state index contributed by atoms with van der Waals surface area (Å²) in [4.78, 5) is 11.2. The lowest BCUT2D eigenvalue weighted by Crippen LogP contribution is -2.31. The summed E-state index contributed by atoms with van der Waals surface area (Å²) < 4.78 is 21.2. The third kappa shape index (κ3) is 8.02. The first kappa shape index (κ1) is 28.1. The predicted molar refractivity (Wildman–Crippen MR) is 150 cm³/mol. The second-order valence-electron chi connectivity index (χ2n) is 11.9. The van der Waals surface area contributed by atoms with Crippen LogP contribution in [0, 0.1) is 23.6 Å². The fraction of sp³-hybridized carbons (Fsp3) is 0.667. The fourth-order valence-electron chi connectivity index (χ4n) is 7.37. The number of hydrogen-bond acceptors (Lipinski definition) is 2. The van der Waals surface area contributed by atoms with E-state index in [0.29, 0.717) is 31.1 Å². The fourth-order valence-corrected chi connectivity index (χ4v) is 7.37. The molecule has 4 heteroatoms. The molecule has 0 unspecified atom stereocenters. The van der Waals surface area contributed by atoms with Crippen molar-refractivity contribution in [3.63, 3.8) is 0 Å². The third-order valence-electron chi connectivity index (χ3n) is 9.66. The number of carbonyl (C=O) groups excluding carboxylic acids is 1. The molecule has 204 valence electrons. The van der Waals surface area contributed by atoms with Crippen LogP contribution in [0.4, 0.5) is 4.39 Å². The van der Waals surface area contributed by atoms with E-state index in [1.807, 2.05) is 12.1 Å². The van der Waals surface area contributed by atoms with Gasteiger partial charge in [-0.3, -0.25) is 4.79 Å². The van der Waals surface area contributed by atoms with Crippen molar-refractivity contribution in [1.29, 1.82) is 0 Å². The van der Waals surface area contributed by atoms with Crippen molar-refractivity contribution < 1.29 is 13.9 Å². The van der Waals surface area contributed by atoms with Crippen LogP contribution in [0.1, 0.15) is 113 Å². The Morgan fingerprint density at radius 3 is 2.19 bits per heavy atom. The molecule has 1 N–H and O–H groups in total. The monoisotopic (exact) mass is 509 g/mol. The summed E-state index contributed by atoms with van der Waals surface area (Å²) in [6.45, 7) is 8.43. The van der Waals surface area contributed by atoms with Crippen LogP contribution in [0.25, 0.3) is 0 Å². The minimum Gasteiger partial charge on any atom is -0.376 e. The van der Waals surface area contributed by atoms with E-state index in [4.69, 9.17) is 4.74 Å². The van der Waals surface area contributed by atoms with Crippen LogP contribution >= 0.6 is 0 Å². The Labute approximate surface area is 224 Å². The van der Waals surface area contributed by atoms with Crippen LogP contribution in [0.2, 0.25) is 0 Å². The molecule has 0 radical (unpaired) electrons. The van der Waals surface area contributed by atoms with Crippen molar-refractivity contribution in [1.82, 2.24) is 5.32 Å². The van der Waals surface area contributed by atoms with Crippen molar-refractivity contribution in [3.05, 3.63) is 60.5 Å². The van der Waals surface area contributed by atoms with E-state index >= 15 is 4.39 Å². The molecular formula is C33H48FNO2. The molecule has 0 heterocycles. The van der Waals surface area contributed by atoms with Gasteiger partial charge in [0.15, 0.2) is 0 Å². The van der Waals surface area contributed by atoms with Gasteiger partial charge in [-0.15, -0.1) is 6.58 Å². The third-order valence-corrected chi connectivity index (χ3v) is 9.66. The van der Waals surface area contributed by atoms with Crippen LogP contribution in [0.15, 0.2) is 43.5 Å². The number of benzene rings is 1. The van der Waals surface area contributed by atoms with Crippen LogP contribution in [0.3, 0.4) is 0 Å². The highest BCUT2D eigenvalue weighted by Gasteiger charge is 2.32. The Morgan fingerprint density at radius 2 is 1.57 bits per heavy atom. The molecule has 3 aliphatic carbocycles. The summed E-state index contributed by atoms with van der Waals surface area (Å²) in [6.07, 6.45) is 20.4. The van der Waals surface area contributed by atoms with Gasteiger partial charge < -0.3 is 10.1 Å². The maximum atomic E-state index is 15.3. The number of rotatable bonds is 11. The summed E-state index contributed by atoms with van der Waals surface area (Å²) in [6, 6.07) is 6.24. The highest BCUT2D eigenvalue weighted by molar-refractivity contribution is 5.86. The highest BCUT2D eigenvalue weighted by Crippen LogP contribution is 2.44. The van der Waals surface area contributed by atoms with Gasteiger partial charge in [0.05, 0.1) is 12.7 Å². The number of allylic oxidation sites excluding steroid dienone is 1. The molecule has 0 bridgehead atoms. The van der Waals surface area contributed by atoms with Crippen molar-refractivity contribution >= 4 is 5.91 Å². The van der Waals surface area contributed by atoms with Gasteiger partial charge in [0.2, 0.25) is 5.91 Å². The average Bonchev–Trinajstić information content (AvgIpc) is 2.95. The van der Waals surface area contributed by atoms with Gasteiger partial charge in [-0.25, -0.2) is 4.39 Å². The standard InChI is InChI=1S/C33H48FNO2/c1-3-5-6-24-7-9-27(10-8-24)29-17-20-31(32(34)23-29)28-13-11-25(12-14-28)26-15-18-30(19-16-26)37-22-21-35-33(36)4-2/h3-4,17,20,23-28,30H,1-2,5-16,18-19,21-22H2,(H,35,36). The molecule has 3 saturated carbocycles. The van der Waals surface area contributed by atoms with Crippen LogP contribution in [0.5, 0.6) is 0 Å². The second-order valence-corrected chi connectivity index (χ2v) is 11.9. The zero-order valence-electron chi connectivity index (χ0n) is 22.8. The van der Waals surface area contributed by atoms with Gasteiger partial charge in [0, 0.05) is 6.54 Å². The topological polar surface area (TPSA) is 38.3 Å². The van der Waals surface area contributed by atoms with Gasteiger partial charge in [0.25, 0.3) is 0 Å². The Kier molecular flexibility index (Phi) is 10.8. The first-order valence-electron chi connectivity index (χ1n) is 15.0. The van der Waals surface area contributed by atoms with Gasteiger partial charge in [-0.05, 0) is 143 Å². The SMILES string of the molecule is C=CCCC1CCC(c2ccc(C3CCC(C4CCC(OCCNC(=O)C=C)CC4)CC3)c(F)c2)CC1. The number of hydrogen-bond donors (Lipinski definition) is 1. The Bertz CT molecular complexity index is 874. The molecule has 0 atom stereocenters. The maximum absolute atomic E-state index is 15.3. The molecule has 0 saturated heterocycles. The molecule has 3 fully saturated rings. The summed E-state index contributed by atoms with van der Waals surface area (Å²) in [7, 11) is 0. The van der Waals surface area contributed by atoms with E-state index in [-0.39, 0.29) is 11.7 Å². The maximum Gasteiger partial charge on any atom is 0.243 e. The largest absolute Gasteiger partial charge is 0.376 e. The number of ether oxygens (including phenoxy) is 1. The molecule has 1 amide bonds. The summed E-state index contributed by atoms with van der Waals surface area (Å²) in [5.74, 6) is 3.20. The smallest absolute Gasteiger partial charge is 0.243 e. The molecule has 0 spiro atoms. The normalized spacial score (nSPS) is 30.4. The van der Waals surface area contributed by atoms with Gasteiger partial charge in [-0.2, -0.15) is 0 Å².